The molecule has 6 heteroatoms. The molecule has 0 radical (unpaired) electrons. The number of esters is 1. The second-order valence-electron chi connectivity index (χ2n) is 8.94. The second-order valence-corrected chi connectivity index (χ2v) is 10.1. The first kappa shape index (κ1) is 18.1. The summed E-state index contributed by atoms with van der Waals surface area (Å²) >= 11 is 1.54. The highest BCUT2D eigenvalue weighted by molar-refractivity contribution is 7.18. The Morgan fingerprint density at radius 1 is 1.11 bits per heavy atom. The van der Waals surface area contributed by atoms with Gasteiger partial charge in [-0.2, -0.15) is 0 Å². The first-order chi connectivity index (χ1) is 13.6. The van der Waals surface area contributed by atoms with Crippen molar-refractivity contribution >= 4 is 33.4 Å². The molecule has 0 unspecified atom stereocenters. The number of rotatable bonds is 6. The Morgan fingerprint density at radius 3 is 2.46 bits per heavy atom. The molecule has 5 nitrogen and oxygen atoms in total. The lowest BCUT2D eigenvalue weighted by atomic mass is 9.49. The predicted molar refractivity (Wildman–Crippen MR) is 108 cm³/mol. The number of amides is 1. The van der Waals surface area contributed by atoms with Crippen LogP contribution in [0.4, 0.5) is 0 Å². The minimum atomic E-state index is -0.287. The van der Waals surface area contributed by atoms with Crippen molar-refractivity contribution in [2.45, 2.75) is 51.6 Å². The van der Waals surface area contributed by atoms with Crippen molar-refractivity contribution in [1.82, 2.24) is 10.3 Å². The van der Waals surface area contributed by atoms with Crippen LogP contribution >= 0.6 is 11.3 Å². The number of benzene rings is 1. The standard InChI is InChI=1S/C22H26N2O3S/c25-20(27-13-19-24-17-3-1-2-4-18(17)28-19)5-6-23-21(26)22-10-14-7-15(11-22)9-16(8-14)12-22/h1-4,14-16H,5-13H2,(H,23,26). The van der Waals surface area contributed by atoms with Crippen LogP contribution in [0, 0.1) is 23.2 Å². The van der Waals surface area contributed by atoms with Crippen LogP contribution in [0.3, 0.4) is 0 Å². The molecule has 1 aromatic carbocycles. The third-order valence-electron chi connectivity index (χ3n) is 6.83. The number of aromatic nitrogens is 1. The van der Waals surface area contributed by atoms with Crippen LogP contribution < -0.4 is 5.32 Å². The summed E-state index contributed by atoms with van der Waals surface area (Å²) in [5, 5.41) is 3.84. The van der Waals surface area contributed by atoms with E-state index in [1.54, 1.807) is 11.3 Å². The quantitative estimate of drug-likeness (QED) is 0.745. The summed E-state index contributed by atoms with van der Waals surface area (Å²) in [6.45, 7) is 0.556. The Balaban J connectivity index is 1.09. The maximum absolute atomic E-state index is 12.9. The smallest absolute Gasteiger partial charge is 0.307 e. The lowest BCUT2D eigenvalue weighted by Crippen LogP contribution is -2.53. The summed E-state index contributed by atoms with van der Waals surface area (Å²) < 4.78 is 6.44. The van der Waals surface area contributed by atoms with Crippen molar-refractivity contribution in [3.05, 3.63) is 29.3 Å². The van der Waals surface area contributed by atoms with E-state index in [1.165, 1.54) is 19.3 Å². The monoisotopic (exact) mass is 398 g/mol. The summed E-state index contributed by atoms with van der Waals surface area (Å²) in [4.78, 5) is 29.4. The second kappa shape index (κ2) is 7.14. The van der Waals surface area contributed by atoms with Gasteiger partial charge in [-0.15, -0.1) is 11.3 Å². The van der Waals surface area contributed by atoms with Gasteiger partial charge in [-0.05, 0) is 68.4 Å². The van der Waals surface area contributed by atoms with Crippen molar-refractivity contribution in [1.29, 1.82) is 0 Å². The number of hydrogen-bond donors (Lipinski definition) is 1. The Bertz CT molecular complexity index is 838. The Kier molecular flexibility index (Phi) is 4.62. The zero-order chi connectivity index (χ0) is 19.1. The number of carbonyl (C=O) groups excluding carboxylic acids is 2. The first-order valence-corrected chi connectivity index (χ1v) is 11.2. The summed E-state index contributed by atoms with van der Waals surface area (Å²) in [7, 11) is 0. The minimum absolute atomic E-state index is 0.153. The van der Waals surface area contributed by atoms with Crippen molar-refractivity contribution in [2.75, 3.05) is 6.54 Å². The molecular formula is C22H26N2O3S. The molecule has 4 bridgehead atoms. The van der Waals surface area contributed by atoms with Crippen LogP contribution in [0.1, 0.15) is 50.0 Å². The van der Waals surface area contributed by atoms with Gasteiger partial charge < -0.3 is 10.1 Å². The molecule has 1 N–H and O–H groups in total. The van der Waals surface area contributed by atoms with E-state index < -0.39 is 0 Å². The zero-order valence-corrected chi connectivity index (χ0v) is 16.8. The maximum Gasteiger partial charge on any atom is 0.307 e. The average Bonchev–Trinajstić information content (AvgIpc) is 3.08. The van der Waals surface area contributed by atoms with E-state index in [2.05, 4.69) is 10.3 Å². The largest absolute Gasteiger partial charge is 0.458 e. The van der Waals surface area contributed by atoms with Gasteiger partial charge in [0.25, 0.3) is 0 Å². The number of fused-ring (bicyclic) bond motifs is 1. The van der Waals surface area contributed by atoms with Gasteiger partial charge >= 0.3 is 5.97 Å². The van der Waals surface area contributed by atoms with Crippen molar-refractivity contribution < 1.29 is 14.3 Å². The van der Waals surface area contributed by atoms with Gasteiger partial charge in [-0.1, -0.05) is 12.1 Å². The van der Waals surface area contributed by atoms with E-state index in [9.17, 15) is 9.59 Å². The number of para-hydroxylation sites is 1. The molecule has 6 rings (SSSR count). The molecule has 1 heterocycles. The number of carbonyl (C=O) groups is 2. The zero-order valence-electron chi connectivity index (χ0n) is 16.0. The molecule has 0 aliphatic heterocycles. The van der Waals surface area contributed by atoms with Gasteiger partial charge in [-0.3, -0.25) is 9.59 Å². The molecule has 28 heavy (non-hydrogen) atoms. The Labute approximate surface area is 168 Å². The first-order valence-electron chi connectivity index (χ1n) is 10.4. The third-order valence-corrected chi connectivity index (χ3v) is 7.84. The average molecular weight is 399 g/mol. The molecule has 4 saturated carbocycles. The molecule has 0 atom stereocenters. The molecule has 4 aliphatic rings. The van der Waals surface area contributed by atoms with Gasteiger partial charge in [0.15, 0.2) is 0 Å². The number of hydrogen-bond acceptors (Lipinski definition) is 5. The van der Waals surface area contributed by atoms with Crippen LogP contribution in [0.2, 0.25) is 0 Å². The van der Waals surface area contributed by atoms with E-state index in [1.807, 2.05) is 24.3 Å². The van der Waals surface area contributed by atoms with E-state index in [4.69, 9.17) is 4.74 Å². The maximum atomic E-state index is 12.9. The summed E-state index contributed by atoms with van der Waals surface area (Å²) in [5.74, 6) is 2.12. The number of nitrogens with one attached hydrogen (secondary N) is 1. The van der Waals surface area contributed by atoms with Crippen LogP contribution in [-0.2, 0) is 20.9 Å². The molecule has 148 valence electrons. The van der Waals surface area contributed by atoms with Gasteiger partial charge in [-0.25, -0.2) is 4.98 Å². The summed E-state index contributed by atoms with van der Waals surface area (Å²) in [5.41, 5.74) is 0.779. The van der Waals surface area contributed by atoms with E-state index in [0.29, 0.717) is 6.54 Å². The number of ether oxygens (including phenoxy) is 1. The van der Waals surface area contributed by atoms with Gasteiger partial charge in [0, 0.05) is 12.0 Å². The highest BCUT2D eigenvalue weighted by atomic mass is 32.1. The lowest BCUT2D eigenvalue weighted by molar-refractivity contribution is -0.147. The molecule has 4 fully saturated rings. The molecule has 1 aromatic heterocycles. The molecule has 1 amide bonds. The molecule has 0 saturated heterocycles. The van der Waals surface area contributed by atoms with Crippen molar-refractivity contribution in [3.63, 3.8) is 0 Å². The predicted octanol–water partition coefficient (Wildman–Crippen LogP) is 4.06. The normalized spacial score (nSPS) is 30.5. The highest BCUT2D eigenvalue weighted by Crippen LogP contribution is 2.60. The van der Waals surface area contributed by atoms with Gasteiger partial charge in [0.05, 0.1) is 16.6 Å². The minimum Gasteiger partial charge on any atom is -0.458 e. The van der Waals surface area contributed by atoms with Gasteiger partial charge in [0.2, 0.25) is 5.91 Å². The lowest BCUT2D eigenvalue weighted by Gasteiger charge is -2.55. The topological polar surface area (TPSA) is 68.3 Å². The van der Waals surface area contributed by atoms with Crippen LogP contribution in [0.5, 0.6) is 0 Å². The van der Waals surface area contributed by atoms with Crippen LogP contribution in [0.25, 0.3) is 10.2 Å². The summed E-state index contributed by atoms with van der Waals surface area (Å²) in [6.07, 6.45) is 7.33. The number of nitrogens with zero attached hydrogens (tertiary/aromatic N) is 1. The molecule has 2 aromatic rings. The fourth-order valence-electron chi connectivity index (χ4n) is 6.05. The third kappa shape index (κ3) is 3.43. The molecule has 4 aliphatic carbocycles. The Hall–Kier alpha value is -1.95. The SMILES string of the molecule is O=C(CCNC(=O)C12CC3CC(CC(C3)C1)C2)OCc1nc2ccccc2s1. The van der Waals surface area contributed by atoms with E-state index >= 15 is 0 Å². The highest BCUT2D eigenvalue weighted by Gasteiger charge is 2.54. The van der Waals surface area contributed by atoms with Crippen molar-refractivity contribution in [2.24, 2.45) is 23.2 Å². The summed E-state index contributed by atoms with van der Waals surface area (Å²) in [6, 6.07) is 7.89. The van der Waals surface area contributed by atoms with Crippen molar-refractivity contribution in [3.8, 4) is 0 Å². The molecule has 0 spiro atoms. The number of thiazole rings is 1. The fraction of sp³-hybridized carbons (Fsp3) is 0.591. The fourth-order valence-corrected chi connectivity index (χ4v) is 6.93. The van der Waals surface area contributed by atoms with Crippen LogP contribution in [0.15, 0.2) is 24.3 Å². The van der Waals surface area contributed by atoms with Crippen LogP contribution in [-0.4, -0.2) is 23.4 Å². The van der Waals surface area contributed by atoms with E-state index in [-0.39, 0.29) is 30.3 Å². The molecular weight excluding hydrogens is 372 g/mol. The Morgan fingerprint density at radius 2 is 1.79 bits per heavy atom. The van der Waals surface area contributed by atoms with E-state index in [0.717, 1.165) is 52.2 Å². The van der Waals surface area contributed by atoms with Gasteiger partial charge in [0.1, 0.15) is 11.6 Å².